The molecule has 1 amide bonds. The fourth-order valence-electron chi connectivity index (χ4n) is 2.36. The number of carboxylic acid groups (broad SMARTS) is 1. The number of Topliss-reactive ketones (excluding diaryl/α,β-unsaturated/α-hetero) is 1. The van der Waals surface area contributed by atoms with E-state index in [2.05, 4.69) is 0 Å². The van der Waals surface area contributed by atoms with Gasteiger partial charge in [0.1, 0.15) is 22.4 Å². The minimum Gasteiger partial charge on any atom is -0.480 e. The Morgan fingerprint density at radius 3 is 2.54 bits per heavy atom. The van der Waals surface area contributed by atoms with E-state index in [0.29, 0.717) is 22.0 Å². The third kappa shape index (κ3) is 3.76. The second-order valence-corrected chi connectivity index (χ2v) is 7.17. The fourth-order valence-corrected chi connectivity index (χ4v) is 3.59. The number of thiocarbonyl (C=S) groups is 1. The molecule has 26 heavy (non-hydrogen) atoms. The highest BCUT2D eigenvalue weighted by molar-refractivity contribution is 8.26. The molecule has 0 spiro atoms. The number of furan rings is 1. The van der Waals surface area contributed by atoms with Crippen molar-refractivity contribution in [2.45, 2.75) is 6.92 Å². The SMILES string of the molecule is CC(=O)c1ccc(-c2ccc(/C=C3\SC(=S)N(CC(=O)O)C3=O)o2)cc1. The van der Waals surface area contributed by atoms with Crippen LogP contribution in [0.2, 0.25) is 0 Å². The van der Waals surface area contributed by atoms with Crippen LogP contribution in [0.1, 0.15) is 23.0 Å². The number of nitrogens with zero attached hydrogens (tertiary/aromatic N) is 1. The Labute approximate surface area is 158 Å². The van der Waals surface area contributed by atoms with Crippen LogP contribution in [-0.2, 0) is 9.59 Å². The predicted molar refractivity (Wildman–Crippen MR) is 102 cm³/mol. The van der Waals surface area contributed by atoms with Gasteiger partial charge in [0, 0.05) is 17.2 Å². The van der Waals surface area contributed by atoms with E-state index in [0.717, 1.165) is 22.2 Å². The molecule has 6 nitrogen and oxygen atoms in total. The number of carboxylic acids is 1. The van der Waals surface area contributed by atoms with Crippen molar-refractivity contribution in [1.82, 2.24) is 4.90 Å². The minimum atomic E-state index is -1.13. The van der Waals surface area contributed by atoms with Gasteiger partial charge in [0.05, 0.1) is 4.91 Å². The Balaban J connectivity index is 1.81. The molecule has 1 aliphatic rings. The number of thioether (sulfide) groups is 1. The number of rotatable bonds is 5. The maximum atomic E-state index is 12.2. The fraction of sp³-hybridized carbons (Fsp3) is 0.111. The van der Waals surface area contributed by atoms with Gasteiger partial charge in [-0.2, -0.15) is 0 Å². The van der Waals surface area contributed by atoms with Gasteiger partial charge in [-0.3, -0.25) is 19.3 Å². The largest absolute Gasteiger partial charge is 0.480 e. The maximum Gasteiger partial charge on any atom is 0.323 e. The standard InChI is InChI=1S/C18H13NO5S2/c1-10(20)11-2-4-12(5-3-11)14-7-6-13(24-14)8-15-17(23)19(9-16(21)22)18(25)26-15/h2-8H,9H2,1H3,(H,21,22)/b15-8-. The number of benzene rings is 1. The molecule has 1 aromatic carbocycles. The number of aliphatic carboxylic acids is 1. The Bertz CT molecular complexity index is 943. The molecule has 132 valence electrons. The summed E-state index contributed by atoms with van der Waals surface area (Å²) < 4.78 is 5.93. The van der Waals surface area contributed by atoms with E-state index in [1.807, 2.05) is 0 Å². The van der Waals surface area contributed by atoms with Gasteiger partial charge >= 0.3 is 5.97 Å². The summed E-state index contributed by atoms with van der Waals surface area (Å²) in [7, 11) is 0. The van der Waals surface area contributed by atoms with Crippen LogP contribution >= 0.6 is 24.0 Å². The zero-order chi connectivity index (χ0) is 18.8. The molecular formula is C18H13NO5S2. The first-order chi connectivity index (χ1) is 12.3. The number of carbonyl (C=O) groups excluding carboxylic acids is 2. The van der Waals surface area contributed by atoms with Gasteiger partial charge in [-0.1, -0.05) is 48.2 Å². The zero-order valence-corrected chi connectivity index (χ0v) is 15.2. The van der Waals surface area contributed by atoms with Crippen molar-refractivity contribution in [3.63, 3.8) is 0 Å². The Hall–Kier alpha value is -2.71. The molecule has 2 heterocycles. The molecule has 0 saturated carbocycles. The number of hydrogen-bond acceptors (Lipinski definition) is 6. The molecule has 1 aromatic heterocycles. The van der Waals surface area contributed by atoms with Crippen LogP contribution in [0.3, 0.4) is 0 Å². The van der Waals surface area contributed by atoms with Crippen LogP contribution in [0.4, 0.5) is 0 Å². The van der Waals surface area contributed by atoms with Gasteiger partial charge in [-0.15, -0.1) is 0 Å². The van der Waals surface area contributed by atoms with Crippen molar-refractivity contribution in [3.8, 4) is 11.3 Å². The molecule has 0 bridgehead atoms. The van der Waals surface area contributed by atoms with Crippen molar-refractivity contribution >= 4 is 52.0 Å². The van der Waals surface area contributed by atoms with E-state index in [1.165, 1.54) is 13.0 Å². The summed E-state index contributed by atoms with van der Waals surface area (Å²) in [6.07, 6.45) is 1.54. The smallest absolute Gasteiger partial charge is 0.323 e. The maximum absolute atomic E-state index is 12.2. The predicted octanol–water partition coefficient (Wildman–Crippen LogP) is 3.44. The molecule has 0 aliphatic carbocycles. The molecule has 2 aromatic rings. The number of carbonyl (C=O) groups is 3. The van der Waals surface area contributed by atoms with Gasteiger partial charge < -0.3 is 9.52 Å². The van der Waals surface area contributed by atoms with E-state index in [4.69, 9.17) is 21.7 Å². The topological polar surface area (TPSA) is 87.8 Å². The second-order valence-electron chi connectivity index (χ2n) is 5.50. The second kappa shape index (κ2) is 7.27. The lowest BCUT2D eigenvalue weighted by atomic mass is 10.1. The summed E-state index contributed by atoms with van der Waals surface area (Å²) in [5.74, 6) is -0.554. The first-order valence-electron chi connectivity index (χ1n) is 7.53. The lowest BCUT2D eigenvalue weighted by Crippen LogP contribution is -2.33. The van der Waals surface area contributed by atoms with Crippen LogP contribution in [0.25, 0.3) is 17.4 Å². The molecule has 0 unspecified atom stereocenters. The first kappa shape index (κ1) is 18.1. The average Bonchev–Trinajstić information content (AvgIpc) is 3.15. The number of hydrogen-bond donors (Lipinski definition) is 1. The zero-order valence-electron chi connectivity index (χ0n) is 13.6. The van der Waals surface area contributed by atoms with E-state index >= 15 is 0 Å². The molecule has 1 saturated heterocycles. The number of amides is 1. The molecule has 1 fully saturated rings. The van der Waals surface area contributed by atoms with Gasteiger partial charge in [0.2, 0.25) is 0 Å². The molecule has 1 N–H and O–H groups in total. The molecule has 0 radical (unpaired) electrons. The average molecular weight is 387 g/mol. The Kier molecular flexibility index (Phi) is 5.06. The van der Waals surface area contributed by atoms with Gasteiger partial charge in [0.15, 0.2) is 5.78 Å². The minimum absolute atomic E-state index is 0.0138. The highest BCUT2D eigenvalue weighted by Gasteiger charge is 2.33. The first-order valence-corrected chi connectivity index (χ1v) is 8.76. The Morgan fingerprint density at radius 1 is 1.23 bits per heavy atom. The summed E-state index contributed by atoms with van der Waals surface area (Å²) >= 11 is 6.09. The quantitative estimate of drug-likeness (QED) is 0.478. The van der Waals surface area contributed by atoms with Crippen molar-refractivity contribution < 1.29 is 23.9 Å². The third-order valence-corrected chi connectivity index (χ3v) is 5.02. The van der Waals surface area contributed by atoms with Crippen LogP contribution in [0, 0.1) is 0 Å². The van der Waals surface area contributed by atoms with Crippen molar-refractivity contribution in [2.75, 3.05) is 6.54 Å². The van der Waals surface area contributed by atoms with E-state index in [-0.39, 0.29) is 10.1 Å². The Morgan fingerprint density at radius 2 is 1.92 bits per heavy atom. The summed E-state index contributed by atoms with van der Waals surface area (Å²) in [6.45, 7) is 1.04. The highest BCUT2D eigenvalue weighted by atomic mass is 32.2. The van der Waals surface area contributed by atoms with Crippen LogP contribution < -0.4 is 0 Å². The monoisotopic (exact) mass is 387 g/mol. The summed E-state index contributed by atoms with van der Waals surface area (Å²) in [5.41, 5.74) is 1.41. The normalized spacial score (nSPS) is 15.7. The van der Waals surface area contributed by atoms with Crippen LogP contribution in [-0.4, -0.2) is 38.5 Å². The van der Waals surface area contributed by atoms with Gasteiger partial charge in [-0.25, -0.2) is 0 Å². The lowest BCUT2D eigenvalue weighted by Gasteiger charge is -2.09. The van der Waals surface area contributed by atoms with Crippen molar-refractivity contribution in [1.29, 1.82) is 0 Å². The van der Waals surface area contributed by atoms with Crippen molar-refractivity contribution in [3.05, 3.63) is 52.6 Å². The van der Waals surface area contributed by atoms with Gasteiger partial charge in [0.25, 0.3) is 5.91 Å². The van der Waals surface area contributed by atoms with Gasteiger partial charge in [-0.05, 0) is 19.1 Å². The highest BCUT2D eigenvalue weighted by Crippen LogP contribution is 2.33. The summed E-state index contributed by atoms with van der Waals surface area (Å²) in [4.78, 5) is 35.7. The summed E-state index contributed by atoms with van der Waals surface area (Å²) in [5, 5.41) is 8.85. The molecule has 1 aliphatic heterocycles. The third-order valence-electron chi connectivity index (χ3n) is 3.64. The van der Waals surface area contributed by atoms with Crippen LogP contribution in [0.15, 0.2) is 45.7 Å². The lowest BCUT2D eigenvalue weighted by molar-refractivity contribution is -0.140. The van der Waals surface area contributed by atoms with E-state index in [9.17, 15) is 14.4 Å². The van der Waals surface area contributed by atoms with Crippen LogP contribution in [0.5, 0.6) is 0 Å². The van der Waals surface area contributed by atoms with E-state index in [1.54, 1.807) is 36.4 Å². The molecular weight excluding hydrogens is 374 g/mol. The summed E-state index contributed by atoms with van der Waals surface area (Å²) in [6, 6.07) is 10.5. The molecule has 8 heteroatoms. The number of ketones is 1. The van der Waals surface area contributed by atoms with E-state index < -0.39 is 18.4 Å². The van der Waals surface area contributed by atoms with Crippen molar-refractivity contribution in [2.24, 2.45) is 0 Å². The molecule has 0 atom stereocenters. The molecule has 3 rings (SSSR count).